The molecule has 1 aliphatic rings. The van der Waals surface area contributed by atoms with Crippen molar-refractivity contribution < 1.29 is 27.5 Å². The van der Waals surface area contributed by atoms with Crippen LogP contribution in [-0.2, 0) is 23.9 Å². The highest BCUT2D eigenvalue weighted by molar-refractivity contribution is 5.94. The summed E-state index contributed by atoms with van der Waals surface area (Å²) in [6.45, 7) is 2.23. The number of rotatable bonds is 4. The Morgan fingerprint density at radius 2 is 1.73 bits per heavy atom. The van der Waals surface area contributed by atoms with Crippen LogP contribution in [0.15, 0.2) is 60.7 Å². The smallest absolute Gasteiger partial charge is 0.416 e. The number of nitrogens with one attached hydrogen (secondary N) is 1. The molecule has 33 heavy (non-hydrogen) atoms. The van der Waals surface area contributed by atoms with Crippen molar-refractivity contribution in [3.63, 3.8) is 0 Å². The summed E-state index contributed by atoms with van der Waals surface area (Å²) in [4.78, 5) is 30.0. The maximum Gasteiger partial charge on any atom is 0.416 e. The van der Waals surface area contributed by atoms with Crippen molar-refractivity contribution in [2.24, 2.45) is 0 Å². The predicted octanol–water partition coefficient (Wildman–Crippen LogP) is 5.05. The third-order valence-corrected chi connectivity index (χ3v) is 5.17. The Labute approximate surface area is 188 Å². The standard InChI is InChI=1S/C24H20F3N3O3/c1-15(31)28-22-4-2-3-21(29-22)23(32)30-12-11-16-13-20(8-5-17(16)14-30)33-19-9-6-18(7-10-19)24(25,26)27/h2-10,13H,11-12,14H2,1H3,(H,28,29,31). The molecule has 2 amide bonds. The van der Waals surface area contributed by atoms with E-state index in [1.807, 2.05) is 12.1 Å². The van der Waals surface area contributed by atoms with Gasteiger partial charge in [-0.3, -0.25) is 9.59 Å². The maximum atomic E-state index is 12.9. The quantitative estimate of drug-likeness (QED) is 0.598. The molecule has 0 radical (unpaired) electrons. The van der Waals surface area contributed by atoms with Gasteiger partial charge < -0.3 is 15.0 Å². The van der Waals surface area contributed by atoms with Crippen LogP contribution in [0.5, 0.6) is 11.5 Å². The van der Waals surface area contributed by atoms with Gasteiger partial charge in [-0.2, -0.15) is 13.2 Å². The van der Waals surface area contributed by atoms with Crippen LogP contribution in [0.25, 0.3) is 0 Å². The molecule has 1 aliphatic heterocycles. The SMILES string of the molecule is CC(=O)Nc1cccc(C(=O)N2CCc3cc(Oc4ccc(C(F)(F)F)cc4)ccc3C2)n1. The van der Waals surface area contributed by atoms with Crippen LogP contribution in [0.3, 0.4) is 0 Å². The molecule has 0 fully saturated rings. The van der Waals surface area contributed by atoms with E-state index in [4.69, 9.17) is 4.74 Å². The minimum absolute atomic E-state index is 0.238. The lowest BCUT2D eigenvalue weighted by Crippen LogP contribution is -2.36. The second kappa shape index (κ2) is 8.93. The Kier molecular flexibility index (Phi) is 6.04. The number of carbonyl (C=O) groups is 2. The lowest BCUT2D eigenvalue weighted by atomic mass is 9.99. The lowest BCUT2D eigenvalue weighted by molar-refractivity contribution is -0.137. The molecule has 0 saturated heterocycles. The van der Waals surface area contributed by atoms with Gasteiger partial charge in [-0.1, -0.05) is 12.1 Å². The van der Waals surface area contributed by atoms with E-state index < -0.39 is 11.7 Å². The monoisotopic (exact) mass is 455 g/mol. The van der Waals surface area contributed by atoms with Gasteiger partial charge in [0.2, 0.25) is 5.91 Å². The molecular formula is C24H20F3N3O3. The summed E-state index contributed by atoms with van der Waals surface area (Å²) in [6, 6.07) is 14.8. The first kappa shape index (κ1) is 22.3. The van der Waals surface area contributed by atoms with Crippen LogP contribution < -0.4 is 10.1 Å². The van der Waals surface area contributed by atoms with Crippen LogP contribution in [0.1, 0.15) is 34.1 Å². The second-order valence-electron chi connectivity index (χ2n) is 7.62. The van der Waals surface area contributed by atoms with Gasteiger partial charge in [0.05, 0.1) is 5.56 Å². The molecular weight excluding hydrogens is 435 g/mol. The molecule has 170 valence electrons. The van der Waals surface area contributed by atoms with E-state index in [0.29, 0.717) is 36.8 Å². The number of anilines is 1. The molecule has 0 spiro atoms. The highest BCUT2D eigenvalue weighted by atomic mass is 19.4. The molecule has 0 unspecified atom stereocenters. The van der Waals surface area contributed by atoms with Crippen molar-refractivity contribution in [3.05, 3.63) is 83.0 Å². The zero-order valence-electron chi connectivity index (χ0n) is 17.6. The van der Waals surface area contributed by atoms with Crippen LogP contribution in [0.2, 0.25) is 0 Å². The third kappa shape index (κ3) is 5.31. The highest BCUT2D eigenvalue weighted by Crippen LogP contribution is 2.32. The van der Waals surface area contributed by atoms with Crippen molar-refractivity contribution in [1.29, 1.82) is 0 Å². The number of hydrogen-bond donors (Lipinski definition) is 1. The first-order chi connectivity index (χ1) is 15.7. The number of hydrogen-bond acceptors (Lipinski definition) is 4. The molecule has 0 saturated carbocycles. The Morgan fingerprint density at radius 3 is 2.42 bits per heavy atom. The van der Waals surface area contributed by atoms with Crippen LogP contribution in [-0.4, -0.2) is 28.2 Å². The lowest BCUT2D eigenvalue weighted by Gasteiger charge is -2.29. The minimum Gasteiger partial charge on any atom is -0.457 e. The maximum absolute atomic E-state index is 12.9. The second-order valence-corrected chi connectivity index (χ2v) is 7.62. The number of halogens is 3. The zero-order valence-corrected chi connectivity index (χ0v) is 17.6. The molecule has 1 N–H and O–H groups in total. The molecule has 9 heteroatoms. The number of fused-ring (bicyclic) bond motifs is 1. The summed E-state index contributed by atoms with van der Waals surface area (Å²) in [7, 11) is 0. The number of carbonyl (C=O) groups excluding carboxylic acids is 2. The molecule has 0 bridgehead atoms. The summed E-state index contributed by atoms with van der Waals surface area (Å²) in [5.74, 6) is 0.626. The Hall–Kier alpha value is -3.88. The molecule has 6 nitrogen and oxygen atoms in total. The number of aromatic nitrogens is 1. The Bertz CT molecular complexity index is 1190. The molecule has 4 rings (SSSR count). The first-order valence-corrected chi connectivity index (χ1v) is 10.2. The van der Waals surface area contributed by atoms with Gasteiger partial charge in [0, 0.05) is 20.0 Å². The topological polar surface area (TPSA) is 71.5 Å². The summed E-state index contributed by atoms with van der Waals surface area (Å²) in [5, 5.41) is 2.56. The Morgan fingerprint density at radius 1 is 1.00 bits per heavy atom. The van der Waals surface area contributed by atoms with Gasteiger partial charge in [-0.15, -0.1) is 0 Å². The fourth-order valence-corrected chi connectivity index (χ4v) is 3.58. The zero-order chi connectivity index (χ0) is 23.6. The van der Waals surface area contributed by atoms with Gasteiger partial charge in [-0.25, -0.2) is 4.98 Å². The van der Waals surface area contributed by atoms with Crippen molar-refractivity contribution in [2.75, 3.05) is 11.9 Å². The summed E-state index contributed by atoms with van der Waals surface area (Å²) >= 11 is 0. The summed E-state index contributed by atoms with van der Waals surface area (Å²) in [5.41, 5.74) is 1.46. The van der Waals surface area contributed by atoms with Gasteiger partial charge in [0.15, 0.2) is 0 Å². The Balaban J connectivity index is 1.44. The number of ether oxygens (including phenoxy) is 1. The highest BCUT2D eigenvalue weighted by Gasteiger charge is 2.30. The van der Waals surface area contributed by atoms with E-state index in [0.717, 1.165) is 23.3 Å². The van der Waals surface area contributed by atoms with E-state index in [1.165, 1.54) is 19.1 Å². The van der Waals surface area contributed by atoms with Gasteiger partial charge in [0.25, 0.3) is 5.91 Å². The predicted molar refractivity (Wildman–Crippen MR) is 115 cm³/mol. The molecule has 0 atom stereocenters. The van der Waals surface area contributed by atoms with E-state index in [2.05, 4.69) is 10.3 Å². The van der Waals surface area contributed by atoms with Crippen LogP contribution in [0, 0.1) is 0 Å². The van der Waals surface area contributed by atoms with Crippen molar-refractivity contribution in [3.8, 4) is 11.5 Å². The number of benzene rings is 2. The van der Waals surface area contributed by atoms with E-state index in [9.17, 15) is 22.8 Å². The largest absolute Gasteiger partial charge is 0.457 e. The molecule has 3 aromatic rings. The van der Waals surface area contributed by atoms with Crippen molar-refractivity contribution >= 4 is 17.6 Å². The fourth-order valence-electron chi connectivity index (χ4n) is 3.58. The van der Waals surface area contributed by atoms with E-state index in [-0.39, 0.29) is 17.5 Å². The first-order valence-electron chi connectivity index (χ1n) is 10.2. The number of alkyl halides is 3. The van der Waals surface area contributed by atoms with Gasteiger partial charge >= 0.3 is 6.18 Å². The van der Waals surface area contributed by atoms with Crippen molar-refractivity contribution in [1.82, 2.24) is 9.88 Å². The summed E-state index contributed by atoms with van der Waals surface area (Å²) < 4.78 is 43.8. The minimum atomic E-state index is -4.39. The number of nitrogens with zero attached hydrogens (tertiary/aromatic N) is 2. The normalized spacial score (nSPS) is 13.3. The molecule has 2 heterocycles. The third-order valence-electron chi connectivity index (χ3n) is 5.17. The van der Waals surface area contributed by atoms with Gasteiger partial charge in [-0.05, 0) is 66.1 Å². The molecule has 1 aromatic heterocycles. The molecule has 2 aromatic carbocycles. The van der Waals surface area contributed by atoms with Gasteiger partial charge in [0.1, 0.15) is 23.0 Å². The number of pyridine rings is 1. The average molecular weight is 455 g/mol. The van der Waals surface area contributed by atoms with Crippen LogP contribution >= 0.6 is 0 Å². The molecule has 0 aliphatic carbocycles. The average Bonchev–Trinajstić information content (AvgIpc) is 2.78. The van der Waals surface area contributed by atoms with E-state index in [1.54, 1.807) is 29.2 Å². The van der Waals surface area contributed by atoms with Crippen molar-refractivity contribution in [2.45, 2.75) is 26.1 Å². The number of amides is 2. The van der Waals surface area contributed by atoms with Crippen LogP contribution in [0.4, 0.5) is 19.0 Å². The van der Waals surface area contributed by atoms with E-state index >= 15 is 0 Å². The fraction of sp³-hybridized carbons (Fsp3) is 0.208. The summed E-state index contributed by atoms with van der Waals surface area (Å²) in [6.07, 6.45) is -3.80.